The van der Waals surface area contributed by atoms with Gasteiger partial charge in [0.05, 0.1) is 37.5 Å². The standard InChI is InChI=1S/C14H16N4O2S/c19-14(20)11-10-21-13(16-11)9-17-5-7-18(8-6-17)12-3-1-2-4-15-12/h1-4,10H,5-9H2,(H,19,20). The highest BCUT2D eigenvalue weighted by Crippen LogP contribution is 2.15. The molecule has 0 unspecified atom stereocenters. The molecule has 0 aliphatic carbocycles. The van der Waals surface area contributed by atoms with Crippen LogP contribution in [0.25, 0.3) is 0 Å². The first-order valence-electron chi connectivity index (χ1n) is 6.82. The molecule has 0 spiro atoms. The molecule has 0 saturated carbocycles. The van der Waals surface area contributed by atoms with E-state index in [1.807, 2.05) is 18.3 Å². The Bertz CT molecular complexity index is 608. The smallest absolute Gasteiger partial charge is 0.274 e. The van der Waals surface area contributed by atoms with Gasteiger partial charge in [-0.05, 0) is 6.07 Å². The number of rotatable bonds is 4. The van der Waals surface area contributed by atoms with E-state index < -0.39 is 5.97 Å². The lowest BCUT2D eigenvalue weighted by molar-refractivity contribution is -0.364. The van der Waals surface area contributed by atoms with Gasteiger partial charge in [-0.1, -0.05) is 6.07 Å². The minimum Gasteiger partial charge on any atom is -0.543 e. The van der Waals surface area contributed by atoms with Gasteiger partial charge in [0.1, 0.15) is 5.01 Å². The third kappa shape index (κ3) is 3.37. The zero-order valence-corrected chi connectivity index (χ0v) is 12.3. The van der Waals surface area contributed by atoms with Gasteiger partial charge >= 0.3 is 0 Å². The van der Waals surface area contributed by atoms with Gasteiger partial charge in [-0.3, -0.25) is 9.80 Å². The average Bonchev–Trinajstić information content (AvgIpc) is 2.98. The highest BCUT2D eigenvalue weighted by Gasteiger charge is 2.23. The van der Waals surface area contributed by atoms with Crippen molar-refractivity contribution < 1.29 is 14.9 Å². The summed E-state index contributed by atoms with van der Waals surface area (Å²) in [5, 5.41) is 13.1. The van der Waals surface area contributed by atoms with Crippen molar-refractivity contribution in [3.05, 3.63) is 40.5 Å². The molecule has 21 heavy (non-hydrogen) atoms. The van der Waals surface area contributed by atoms with Gasteiger partial charge in [0, 0.05) is 24.5 Å². The van der Waals surface area contributed by atoms with Crippen LogP contribution >= 0.6 is 11.3 Å². The quantitative estimate of drug-likeness (QED) is 0.771. The first-order chi connectivity index (χ1) is 10.2. The molecule has 3 heterocycles. The maximum absolute atomic E-state index is 10.7. The molecule has 0 radical (unpaired) electrons. The molecule has 0 aromatic carbocycles. The zero-order chi connectivity index (χ0) is 14.7. The van der Waals surface area contributed by atoms with Crippen LogP contribution in [0.15, 0.2) is 29.8 Å². The van der Waals surface area contributed by atoms with E-state index in [4.69, 9.17) is 0 Å². The largest absolute Gasteiger partial charge is 0.543 e. The Morgan fingerprint density at radius 1 is 1.33 bits per heavy atom. The molecule has 1 aliphatic heterocycles. The number of carboxylic acid groups (broad SMARTS) is 1. The van der Waals surface area contributed by atoms with Crippen LogP contribution in [-0.2, 0) is 6.54 Å². The third-order valence-corrected chi connectivity index (χ3v) is 4.36. The van der Waals surface area contributed by atoms with Gasteiger partial charge in [0.25, 0.3) is 5.82 Å². The highest BCUT2D eigenvalue weighted by molar-refractivity contribution is 7.09. The predicted molar refractivity (Wildman–Crippen MR) is 76.9 cm³/mol. The number of carbonyl (C=O) groups is 1. The van der Waals surface area contributed by atoms with Gasteiger partial charge < -0.3 is 9.90 Å². The van der Waals surface area contributed by atoms with Crippen molar-refractivity contribution in [2.45, 2.75) is 6.54 Å². The molecule has 6 nitrogen and oxygen atoms in total. The minimum atomic E-state index is -1.21. The van der Waals surface area contributed by atoms with E-state index in [2.05, 4.69) is 25.8 Å². The number of aromatic amines is 1. The molecule has 2 aromatic heterocycles. The maximum atomic E-state index is 10.7. The summed E-state index contributed by atoms with van der Waals surface area (Å²) < 4.78 is 0. The van der Waals surface area contributed by atoms with Crippen molar-refractivity contribution >= 4 is 23.1 Å². The van der Waals surface area contributed by atoms with Crippen molar-refractivity contribution in [3.8, 4) is 0 Å². The minimum absolute atomic E-state index is 0.0347. The molecule has 7 heteroatoms. The number of aromatic carboxylic acids is 1. The molecule has 0 atom stereocenters. The Balaban J connectivity index is 1.55. The van der Waals surface area contributed by atoms with E-state index in [1.54, 1.807) is 5.38 Å². The molecule has 3 rings (SSSR count). The van der Waals surface area contributed by atoms with E-state index in [1.165, 1.54) is 11.3 Å². The molecule has 1 saturated heterocycles. The fourth-order valence-corrected chi connectivity index (χ4v) is 3.20. The molecular weight excluding hydrogens is 288 g/mol. The van der Waals surface area contributed by atoms with Gasteiger partial charge in [0.15, 0.2) is 0 Å². The topological polar surface area (TPSA) is 73.6 Å². The summed E-state index contributed by atoms with van der Waals surface area (Å²) in [6, 6.07) is 6.06. The fraction of sp³-hybridized carbons (Fsp3) is 0.357. The van der Waals surface area contributed by atoms with Gasteiger partial charge in [-0.2, -0.15) is 0 Å². The summed E-state index contributed by atoms with van der Waals surface area (Å²) in [7, 11) is 0. The summed E-state index contributed by atoms with van der Waals surface area (Å²) in [5.41, 5.74) is 0.0347. The van der Waals surface area contributed by atoms with E-state index in [9.17, 15) is 9.90 Å². The lowest BCUT2D eigenvalue weighted by atomic mass is 10.3. The number of carboxylic acids is 1. The van der Waals surface area contributed by atoms with Crippen molar-refractivity contribution in [2.24, 2.45) is 0 Å². The number of hydrogen-bond donors (Lipinski definition) is 0. The number of nitrogens with zero attached hydrogens (tertiary/aromatic N) is 3. The number of nitrogens with one attached hydrogen (secondary N) is 1. The molecule has 2 aromatic rings. The Hall–Kier alpha value is -1.99. The average molecular weight is 304 g/mol. The number of hydrogen-bond acceptors (Lipinski definition) is 6. The number of piperazine rings is 1. The molecule has 1 fully saturated rings. The van der Waals surface area contributed by atoms with Crippen LogP contribution in [0.4, 0.5) is 5.82 Å². The normalized spacial score (nSPS) is 16.1. The SMILES string of the molecule is O=C([O-])c1csc(CN2CCN(c3cccc[nH+]3)CC2)n1. The summed E-state index contributed by atoms with van der Waals surface area (Å²) in [5.74, 6) is -0.0763. The second kappa shape index (κ2) is 6.19. The number of thiazole rings is 1. The second-order valence-corrected chi connectivity index (χ2v) is 5.87. The number of pyridine rings is 1. The van der Waals surface area contributed by atoms with Crippen molar-refractivity contribution in [2.75, 3.05) is 31.1 Å². The van der Waals surface area contributed by atoms with Crippen molar-refractivity contribution in [1.29, 1.82) is 0 Å². The molecule has 110 valence electrons. The first-order valence-corrected chi connectivity index (χ1v) is 7.70. The molecule has 1 N–H and O–H groups in total. The molecular formula is C14H16N4O2S. The lowest BCUT2D eigenvalue weighted by Crippen LogP contribution is -2.47. The molecule has 0 bridgehead atoms. The lowest BCUT2D eigenvalue weighted by Gasteiger charge is -2.30. The highest BCUT2D eigenvalue weighted by atomic mass is 32.1. The van der Waals surface area contributed by atoms with E-state index in [0.717, 1.165) is 37.0 Å². The van der Waals surface area contributed by atoms with Gasteiger partial charge in [0.2, 0.25) is 0 Å². The van der Waals surface area contributed by atoms with E-state index in [0.29, 0.717) is 6.54 Å². The third-order valence-electron chi connectivity index (χ3n) is 3.53. The van der Waals surface area contributed by atoms with E-state index >= 15 is 0 Å². The van der Waals surface area contributed by atoms with Gasteiger partial charge in [-0.25, -0.2) is 9.97 Å². The van der Waals surface area contributed by atoms with E-state index in [-0.39, 0.29) is 5.69 Å². The van der Waals surface area contributed by atoms with Crippen LogP contribution < -0.4 is 15.0 Å². The monoisotopic (exact) mass is 304 g/mol. The Morgan fingerprint density at radius 2 is 2.14 bits per heavy atom. The Labute approximate surface area is 126 Å². The number of H-pyrrole nitrogens is 1. The van der Waals surface area contributed by atoms with Crippen molar-refractivity contribution in [3.63, 3.8) is 0 Å². The fourth-order valence-electron chi connectivity index (χ4n) is 2.40. The Kier molecular flexibility index (Phi) is 4.12. The maximum Gasteiger partial charge on any atom is 0.274 e. The second-order valence-electron chi connectivity index (χ2n) is 4.92. The first kappa shape index (κ1) is 14.0. The number of aromatic nitrogens is 2. The number of anilines is 1. The zero-order valence-electron chi connectivity index (χ0n) is 11.5. The van der Waals surface area contributed by atoms with Crippen LogP contribution in [0, 0.1) is 0 Å². The van der Waals surface area contributed by atoms with Crippen LogP contribution in [0.3, 0.4) is 0 Å². The summed E-state index contributed by atoms with van der Waals surface area (Å²) in [6.07, 6.45) is 1.93. The van der Waals surface area contributed by atoms with Crippen LogP contribution in [-0.4, -0.2) is 42.0 Å². The van der Waals surface area contributed by atoms with Gasteiger partial charge in [-0.15, -0.1) is 11.3 Å². The summed E-state index contributed by atoms with van der Waals surface area (Å²) >= 11 is 1.38. The summed E-state index contributed by atoms with van der Waals surface area (Å²) in [6.45, 7) is 4.45. The predicted octanol–water partition coefficient (Wildman–Crippen LogP) is -0.357. The van der Waals surface area contributed by atoms with Crippen LogP contribution in [0.1, 0.15) is 15.5 Å². The van der Waals surface area contributed by atoms with Crippen molar-refractivity contribution in [1.82, 2.24) is 9.88 Å². The Morgan fingerprint density at radius 3 is 2.76 bits per heavy atom. The molecule has 0 amide bonds. The van der Waals surface area contributed by atoms with Crippen LogP contribution in [0.5, 0.6) is 0 Å². The van der Waals surface area contributed by atoms with Crippen LogP contribution in [0.2, 0.25) is 0 Å². The molecule has 1 aliphatic rings. The number of carbonyl (C=O) groups excluding carboxylic acids is 1. The summed E-state index contributed by atoms with van der Waals surface area (Å²) in [4.78, 5) is 22.6.